The molecule has 0 spiro atoms. The second-order valence-corrected chi connectivity index (χ2v) is 19.4. The molecule has 0 saturated heterocycles. The second-order valence-electron chi connectivity index (χ2n) is 19.4. The molecule has 2 amide bonds. The van der Waals surface area contributed by atoms with E-state index in [2.05, 4.69) is 37.0 Å². The Kier molecular flexibility index (Phi) is 26.9. The predicted octanol–water partition coefficient (Wildman–Crippen LogP) is 12.9. The molecule has 0 aromatic heterocycles. The van der Waals surface area contributed by atoms with Gasteiger partial charge < -0.3 is 44.2 Å². The second kappa shape index (κ2) is 32.2. The van der Waals surface area contributed by atoms with E-state index < -0.39 is 29.9 Å². The summed E-state index contributed by atoms with van der Waals surface area (Å²) in [6.45, 7) is 9.74. The Morgan fingerprint density at radius 2 is 1.43 bits per heavy atom. The Labute approximate surface area is 405 Å². The van der Waals surface area contributed by atoms with Crippen LogP contribution in [0.1, 0.15) is 199 Å². The number of hydrogen-bond donors (Lipinski definition) is 3. The van der Waals surface area contributed by atoms with Crippen molar-refractivity contribution >= 4 is 17.9 Å². The lowest BCUT2D eigenvalue weighted by Crippen LogP contribution is -2.69. The van der Waals surface area contributed by atoms with E-state index in [1.165, 1.54) is 103 Å². The minimum atomic E-state index is -1.38. The number of likely N-dealkylation sites (N-methyl/N-ethyl adjacent to an activating group) is 1. The number of nitrogens with one attached hydrogen (secondary N) is 1. The first-order valence-electron chi connectivity index (χ1n) is 26.8. The number of allylic oxidation sites excluding steroid dienone is 1. The molecule has 12 heteroatoms. The van der Waals surface area contributed by atoms with Gasteiger partial charge in [-0.1, -0.05) is 160 Å². The fourth-order valence-electron chi connectivity index (χ4n) is 10.8. The standard InChI is InChI=1S/C55H91N3O9/c1-6-9-11-13-15-17-19-21-23-27-35-56-53(61)66-44-33-34-49-47(41-44)51-45(32-26-29-37-60)43(31-25-28-36-59)40-46-48(57-63-5)42-50(55(67-49,52(46)51)65-38-8-3)58(4)54(62)64-39-30-24-22-20-18-16-14-12-10-7-2/h8,33-34,40-41,43,45,50-52,59-60H,3,6-7,9-32,35-39,42H2,1-2,4-5H3,(H,56,61). The zero-order chi connectivity index (χ0) is 48.1. The lowest BCUT2D eigenvalue weighted by molar-refractivity contribution is -0.253. The molecule has 12 nitrogen and oxygen atoms in total. The number of unbranched alkanes of at least 4 members (excludes halogenated alkanes) is 20. The predicted molar refractivity (Wildman–Crippen MR) is 269 cm³/mol. The van der Waals surface area contributed by atoms with Gasteiger partial charge in [0.15, 0.2) is 0 Å². The van der Waals surface area contributed by atoms with E-state index in [1.54, 1.807) is 24.1 Å². The molecule has 1 aromatic rings. The Morgan fingerprint density at radius 1 is 0.836 bits per heavy atom. The van der Waals surface area contributed by atoms with E-state index in [0.717, 1.165) is 68.9 Å². The molecule has 67 heavy (non-hydrogen) atoms. The van der Waals surface area contributed by atoms with Gasteiger partial charge in [0.25, 0.3) is 0 Å². The third kappa shape index (κ3) is 17.4. The van der Waals surface area contributed by atoms with Gasteiger partial charge in [0.2, 0.25) is 5.79 Å². The van der Waals surface area contributed by atoms with Crippen molar-refractivity contribution in [1.82, 2.24) is 10.2 Å². The van der Waals surface area contributed by atoms with Gasteiger partial charge in [0.05, 0.1) is 24.8 Å². The first kappa shape index (κ1) is 56.0. The maximum Gasteiger partial charge on any atom is 0.412 e. The summed E-state index contributed by atoms with van der Waals surface area (Å²) in [5, 5.41) is 27.4. The Balaban J connectivity index is 1.60. The number of carbonyl (C=O) groups is 2. The number of fused-ring (bicyclic) bond motifs is 2. The molecule has 3 N–H and O–H groups in total. The molecule has 3 aliphatic rings. The summed E-state index contributed by atoms with van der Waals surface area (Å²) in [5.41, 5.74) is 2.54. The van der Waals surface area contributed by atoms with Crippen molar-refractivity contribution in [1.29, 1.82) is 0 Å². The molecule has 6 unspecified atom stereocenters. The number of carbonyl (C=O) groups excluding carboxylic acids is 2. The topological polar surface area (TPSA) is 148 Å². The summed E-state index contributed by atoms with van der Waals surface area (Å²) >= 11 is 0. The molecule has 0 radical (unpaired) electrons. The lowest BCUT2D eigenvalue weighted by Gasteiger charge is -2.59. The van der Waals surface area contributed by atoms with Gasteiger partial charge in [-0.05, 0) is 74.1 Å². The summed E-state index contributed by atoms with van der Waals surface area (Å²) in [5.74, 6) is -0.935. The third-order valence-corrected chi connectivity index (χ3v) is 14.3. The van der Waals surface area contributed by atoms with Crippen LogP contribution in [-0.4, -0.2) is 92.0 Å². The van der Waals surface area contributed by atoms with Crippen LogP contribution in [0, 0.1) is 17.8 Å². The Bertz CT molecular complexity index is 1640. The highest BCUT2D eigenvalue weighted by Crippen LogP contribution is 2.61. The zero-order valence-corrected chi connectivity index (χ0v) is 42.3. The van der Waals surface area contributed by atoms with Crippen LogP contribution in [-0.2, 0) is 14.3 Å². The van der Waals surface area contributed by atoms with E-state index >= 15 is 0 Å². The van der Waals surface area contributed by atoms with Crippen LogP contribution in [0.3, 0.4) is 0 Å². The molecule has 1 fully saturated rings. The van der Waals surface area contributed by atoms with Gasteiger partial charge in [0.1, 0.15) is 24.7 Å². The van der Waals surface area contributed by atoms with Crippen LogP contribution < -0.4 is 14.8 Å². The molecular weight excluding hydrogens is 847 g/mol. The molecular formula is C55H91N3O9. The molecule has 1 aliphatic heterocycles. The third-order valence-electron chi connectivity index (χ3n) is 14.3. The smallest absolute Gasteiger partial charge is 0.412 e. The number of ether oxygens (including phenoxy) is 4. The average Bonchev–Trinajstić information content (AvgIpc) is 3.33. The molecule has 4 rings (SSSR count). The summed E-state index contributed by atoms with van der Waals surface area (Å²) < 4.78 is 26.1. The minimum absolute atomic E-state index is 0.0462. The number of nitrogens with zero attached hydrogens (tertiary/aromatic N) is 2. The minimum Gasteiger partial charge on any atom is -0.459 e. The van der Waals surface area contributed by atoms with Crippen LogP contribution in [0.15, 0.2) is 47.7 Å². The van der Waals surface area contributed by atoms with Crippen LogP contribution in [0.25, 0.3) is 0 Å². The highest BCUT2D eigenvalue weighted by molar-refractivity contribution is 6.02. The summed E-state index contributed by atoms with van der Waals surface area (Å²) in [6, 6.07) is 4.89. The largest absolute Gasteiger partial charge is 0.459 e. The fourth-order valence-corrected chi connectivity index (χ4v) is 10.8. The summed E-state index contributed by atoms with van der Waals surface area (Å²) in [6.07, 6.45) is 32.0. The maximum atomic E-state index is 14.1. The quantitative estimate of drug-likeness (QED) is 0.0340. The van der Waals surface area contributed by atoms with Gasteiger partial charge >= 0.3 is 12.2 Å². The maximum absolute atomic E-state index is 14.1. The highest BCUT2D eigenvalue weighted by atomic mass is 16.7. The average molecular weight is 938 g/mol. The van der Waals surface area contributed by atoms with E-state index in [1.807, 2.05) is 12.1 Å². The monoisotopic (exact) mass is 938 g/mol. The van der Waals surface area contributed by atoms with Crippen molar-refractivity contribution in [3.63, 3.8) is 0 Å². The van der Waals surface area contributed by atoms with Crippen molar-refractivity contribution in [2.75, 3.05) is 47.1 Å². The Morgan fingerprint density at radius 3 is 2.03 bits per heavy atom. The van der Waals surface area contributed by atoms with Gasteiger partial charge in [-0.3, -0.25) is 0 Å². The Hall–Kier alpha value is -3.61. The van der Waals surface area contributed by atoms with Gasteiger partial charge in [-0.2, -0.15) is 0 Å². The molecule has 1 heterocycles. The molecule has 2 aliphatic carbocycles. The van der Waals surface area contributed by atoms with Crippen LogP contribution in [0.4, 0.5) is 9.59 Å². The number of aliphatic hydroxyl groups excluding tert-OH is 2. The van der Waals surface area contributed by atoms with Crippen LogP contribution in [0.5, 0.6) is 11.5 Å². The lowest BCUT2D eigenvalue weighted by atomic mass is 9.55. The van der Waals surface area contributed by atoms with Crippen LogP contribution >= 0.6 is 0 Å². The molecule has 1 aromatic carbocycles. The van der Waals surface area contributed by atoms with E-state index in [9.17, 15) is 19.8 Å². The fraction of sp³-hybridized carbons (Fsp3) is 0.764. The summed E-state index contributed by atoms with van der Waals surface area (Å²) in [4.78, 5) is 34.5. The van der Waals surface area contributed by atoms with Crippen molar-refractivity contribution in [3.05, 3.63) is 48.1 Å². The van der Waals surface area contributed by atoms with Crippen molar-refractivity contribution < 1.29 is 43.6 Å². The zero-order valence-electron chi connectivity index (χ0n) is 42.3. The number of rotatable bonds is 36. The van der Waals surface area contributed by atoms with E-state index in [0.29, 0.717) is 43.2 Å². The molecule has 6 atom stereocenters. The molecule has 1 saturated carbocycles. The van der Waals surface area contributed by atoms with E-state index in [-0.39, 0.29) is 44.0 Å². The van der Waals surface area contributed by atoms with Gasteiger partial charge in [-0.25, -0.2) is 9.59 Å². The van der Waals surface area contributed by atoms with E-state index in [4.69, 9.17) is 23.8 Å². The first-order chi connectivity index (χ1) is 32.8. The van der Waals surface area contributed by atoms with Crippen molar-refractivity contribution in [3.8, 4) is 11.5 Å². The van der Waals surface area contributed by atoms with Crippen molar-refractivity contribution in [2.24, 2.45) is 22.9 Å². The SMILES string of the molecule is C=CCOC12Oc3ccc(OC(=O)NCCCCCCCCCCCC)cc3C3C(CCCCO)C(CCCCO)C=C(C(=NOC)CC1N(C)C(=O)OCCCCCCCCCCCC)C32. The number of oxime groups is 1. The number of amides is 2. The number of aliphatic hydroxyl groups is 2. The molecule has 380 valence electrons. The first-order valence-corrected chi connectivity index (χ1v) is 26.8. The molecule has 0 bridgehead atoms. The van der Waals surface area contributed by atoms with Gasteiger partial charge in [-0.15, -0.1) is 6.58 Å². The normalized spacial score (nSPS) is 22.3. The number of hydrogen-bond acceptors (Lipinski definition) is 10. The van der Waals surface area contributed by atoms with Gasteiger partial charge in [0, 0.05) is 44.7 Å². The summed E-state index contributed by atoms with van der Waals surface area (Å²) in [7, 11) is 3.29. The highest BCUT2D eigenvalue weighted by Gasteiger charge is 2.65. The van der Waals surface area contributed by atoms with Crippen molar-refractivity contribution in [2.45, 2.75) is 205 Å². The van der Waals surface area contributed by atoms with Crippen LogP contribution in [0.2, 0.25) is 0 Å². The number of benzene rings is 1.